The summed E-state index contributed by atoms with van der Waals surface area (Å²) >= 11 is 0. The third kappa shape index (κ3) is 2.78. The van der Waals surface area contributed by atoms with Gasteiger partial charge in [0, 0.05) is 6.42 Å². The number of Topliss-reactive ketones (excluding diaryl/α,β-unsaturated/α-hetero) is 1. The second-order valence-electron chi connectivity index (χ2n) is 4.67. The van der Waals surface area contributed by atoms with E-state index in [2.05, 4.69) is 19.2 Å². The van der Waals surface area contributed by atoms with Gasteiger partial charge in [0.2, 0.25) is 0 Å². The number of hydrogen-bond donors (Lipinski definition) is 1. The van der Waals surface area contributed by atoms with Gasteiger partial charge in [0.1, 0.15) is 5.75 Å². The summed E-state index contributed by atoms with van der Waals surface area (Å²) in [6.45, 7) is 4.78. The van der Waals surface area contributed by atoms with E-state index in [9.17, 15) is 4.79 Å². The van der Waals surface area contributed by atoms with Crippen LogP contribution < -0.4 is 10.1 Å². The smallest absolute Gasteiger partial charge is 0.175 e. The Morgan fingerprint density at radius 2 is 2.29 bits per heavy atom. The molecule has 0 aromatic heterocycles. The van der Waals surface area contributed by atoms with Crippen LogP contribution in [0.3, 0.4) is 0 Å². The summed E-state index contributed by atoms with van der Waals surface area (Å²) in [6, 6.07) is 7.73. The average Bonchev–Trinajstić information content (AvgIpc) is 2.38. The molecule has 1 aliphatic rings. The zero-order chi connectivity index (χ0) is 12.3. The Labute approximate surface area is 102 Å². The fourth-order valence-corrected chi connectivity index (χ4v) is 1.91. The largest absolute Gasteiger partial charge is 0.479 e. The maximum atomic E-state index is 12.0. The Hall–Kier alpha value is -1.51. The lowest BCUT2D eigenvalue weighted by Gasteiger charge is -2.26. The van der Waals surface area contributed by atoms with E-state index in [4.69, 9.17) is 4.74 Å². The van der Waals surface area contributed by atoms with Crippen LogP contribution in [0.2, 0.25) is 0 Å². The lowest BCUT2D eigenvalue weighted by atomic mass is 9.98. The first kappa shape index (κ1) is 12.0. The Kier molecular flexibility index (Phi) is 3.67. The van der Waals surface area contributed by atoms with Crippen molar-refractivity contribution < 1.29 is 9.53 Å². The number of carbonyl (C=O) groups is 1. The van der Waals surface area contributed by atoms with Crippen LogP contribution in [0.4, 0.5) is 5.69 Å². The summed E-state index contributed by atoms with van der Waals surface area (Å²) in [6.07, 6.45) is 1.30. The lowest BCUT2D eigenvalue weighted by Crippen LogP contribution is -2.38. The third-order valence-electron chi connectivity index (χ3n) is 3.24. The lowest BCUT2D eigenvalue weighted by molar-refractivity contribution is -0.126. The van der Waals surface area contributed by atoms with Crippen LogP contribution in [0, 0.1) is 5.92 Å². The van der Waals surface area contributed by atoms with Gasteiger partial charge < -0.3 is 10.1 Å². The van der Waals surface area contributed by atoms with Gasteiger partial charge >= 0.3 is 0 Å². The molecule has 1 heterocycles. The molecule has 1 aromatic carbocycles. The predicted molar refractivity (Wildman–Crippen MR) is 68.4 cm³/mol. The van der Waals surface area contributed by atoms with Crippen molar-refractivity contribution in [2.75, 3.05) is 11.9 Å². The van der Waals surface area contributed by atoms with Crippen molar-refractivity contribution in [1.82, 2.24) is 0 Å². The van der Waals surface area contributed by atoms with E-state index >= 15 is 0 Å². The number of anilines is 1. The number of hydrogen-bond acceptors (Lipinski definition) is 3. The van der Waals surface area contributed by atoms with E-state index in [1.165, 1.54) is 0 Å². The number of carbonyl (C=O) groups excluding carboxylic acids is 1. The molecule has 1 aromatic rings. The summed E-state index contributed by atoms with van der Waals surface area (Å²) < 4.78 is 5.73. The fourth-order valence-electron chi connectivity index (χ4n) is 1.91. The van der Waals surface area contributed by atoms with Crippen molar-refractivity contribution in [1.29, 1.82) is 0 Å². The number of para-hydroxylation sites is 2. The van der Waals surface area contributed by atoms with Gasteiger partial charge in [-0.2, -0.15) is 0 Å². The Morgan fingerprint density at radius 3 is 3.06 bits per heavy atom. The number of rotatable bonds is 4. The quantitative estimate of drug-likeness (QED) is 0.869. The Balaban J connectivity index is 2.00. The van der Waals surface area contributed by atoms with Crippen molar-refractivity contribution >= 4 is 11.5 Å². The van der Waals surface area contributed by atoms with Gasteiger partial charge in [0.05, 0.1) is 12.2 Å². The van der Waals surface area contributed by atoms with E-state index in [-0.39, 0.29) is 11.9 Å². The van der Waals surface area contributed by atoms with Crippen LogP contribution in [0.25, 0.3) is 0 Å². The Morgan fingerprint density at radius 1 is 1.53 bits per heavy atom. The van der Waals surface area contributed by atoms with Crippen molar-refractivity contribution in [2.45, 2.75) is 32.8 Å². The highest BCUT2D eigenvalue weighted by Crippen LogP contribution is 2.28. The van der Waals surface area contributed by atoms with Gasteiger partial charge in [-0.25, -0.2) is 0 Å². The summed E-state index contributed by atoms with van der Waals surface area (Å²) in [5.41, 5.74) is 0.972. The van der Waals surface area contributed by atoms with Crippen LogP contribution in [0.1, 0.15) is 26.7 Å². The second-order valence-corrected chi connectivity index (χ2v) is 4.67. The van der Waals surface area contributed by atoms with Gasteiger partial charge in [0.25, 0.3) is 0 Å². The van der Waals surface area contributed by atoms with E-state index in [0.29, 0.717) is 18.9 Å². The summed E-state index contributed by atoms with van der Waals surface area (Å²) in [5.74, 6) is 1.41. The highest BCUT2D eigenvalue weighted by Gasteiger charge is 2.25. The summed E-state index contributed by atoms with van der Waals surface area (Å²) in [4.78, 5) is 12.0. The molecular weight excluding hydrogens is 214 g/mol. The molecule has 0 bridgehead atoms. The molecule has 3 heteroatoms. The van der Waals surface area contributed by atoms with Crippen LogP contribution in [-0.4, -0.2) is 18.4 Å². The predicted octanol–water partition coefficient (Wildman–Crippen LogP) is 2.86. The molecule has 2 rings (SSSR count). The summed E-state index contributed by atoms with van der Waals surface area (Å²) in [5, 5.41) is 3.24. The minimum atomic E-state index is -0.334. The minimum absolute atomic E-state index is 0.196. The van der Waals surface area contributed by atoms with Crippen molar-refractivity contribution in [3.8, 4) is 5.75 Å². The van der Waals surface area contributed by atoms with E-state index < -0.39 is 0 Å². The molecule has 0 saturated heterocycles. The first-order valence-corrected chi connectivity index (χ1v) is 6.23. The number of ether oxygens (including phenoxy) is 1. The molecule has 0 saturated carbocycles. The monoisotopic (exact) mass is 233 g/mol. The number of ketones is 1. The molecule has 0 fully saturated rings. The molecule has 17 heavy (non-hydrogen) atoms. The van der Waals surface area contributed by atoms with E-state index in [1.807, 2.05) is 24.3 Å². The molecule has 0 radical (unpaired) electrons. The molecular formula is C14H19NO2. The van der Waals surface area contributed by atoms with Crippen molar-refractivity contribution in [3.05, 3.63) is 24.3 Å². The number of benzene rings is 1. The first-order chi connectivity index (χ1) is 8.20. The minimum Gasteiger partial charge on any atom is -0.479 e. The second kappa shape index (κ2) is 5.21. The average molecular weight is 233 g/mol. The molecule has 0 aliphatic carbocycles. The normalized spacial score (nSPS) is 19.8. The highest BCUT2D eigenvalue weighted by molar-refractivity contribution is 5.85. The van der Waals surface area contributed by atoms with Crippen molar-refractivity contribution in [3.63, 3.8) is 0 Å². The third-order valence-corrected chi connectivity index (χ3v) is 3.24. The highest BCUT2D eigenvalue weighted by atomic mass is 16.5. The molecule has 2 atom stereocenters. The topological polar surface area (TPSA) is 38.3 Å². The number of nitrogens with one attached hydrogen (secondary N) is 1. The molecule has 92 valence electrons. The van der Waals surface area contributed by atoms with Gasteiger partial charge in [-0.1, -0.05) is 32.4 Å². The molecule has 1 aliphatic heterocycles. The molecule has 0 spiro atoms. The van der Waals surface area contributed by atoms with Crippen LogP contribution in [0.5, 0.6) is 5.75 Å². The van der Waals surface area contributed by atoms with Gasteiger partial charge in [0.15, 0.2) is 11.9 Å². The van der Waals surface area contributed by atoms with Crippen LogP contribution in [0.15, 0.2) is 24.3 Å². The van der Waals surface area contributed by atoms with Gasteiger partial charge in [-0.05, 0) is 18.1 Å². The SMILES string of the molecule is CCC(C)CC(=O)C1CNc2ccccc2O1. The zero-order valence-corrected chi connectivity index (χ0v) is 10.4. The number of fused-ring (bicyclic) bond motifs is 1. The zero-order valence-electron chi connectivity index (χ0n) is 10.4. The first-order valence-electron chi connectivity index (χ1n) is 6.23. The van der Waals surface area contributed by atoms with Crippen LogP contribution in [-0.2, 0) is 4.79 Å². The van der Waals surface area contributed by atoms with Gasteiger partial charge in [-0.3, -0.25) is 4.79 Å². The summed E-state index contributed by atoms with van der Waals surface area (Å²) in [7, 11) is 0. The standard InChI is InChI=1S/C14H19NO2/c1-3-10(2)8-12(16)14-9-15-11-6-4-5-7-13(11)17-14/h4-7,10,14-15H,3,8-9H2,1-2H3. The maximum absolute atomic E-state index is 12.0. The molecule has 2 unspecified atom stereocenters. The van der Waals surface area contributed by atoms with Gasteiger partial charge in [-0.15, -0.1) is 0 Å². The molecule has 3 nitrogen and oxygen atoms in total. The molecule has 0 amide bonds. The van der Waals surface area contributed by atoms with Crippen molar-refractivity contribution in [2.24, 2.45) is 5.92 Å². The fraction of sp³-hybridized carbons (Fsp3) is 0.500. The van der Waals surface area contributed by atoms with E-state index in [1.54, 1.807) is 0 Å². The van der Waals surface area contributed by atoms with E-state index in [0.717, 1.165) is 17.9 Å². The molecule has 1 N–H and O–H groups in total. The Bertz CT molecular complexity index is 403. The maximum Gasteiger partial charge on any atom is 0.175 e. The van der Waals surface area contributed by atoms with Crippen LogP contribution >= 0.6 is 0 Å².